The highest BCUT2D eigenvalue weighted by molar-refractivity contribution is 7.07. The first-order chi connectivity index (χ1) is 16.3. The van der Waals surface area contributed by atoms with Crippen LogP contribution in [0.1, 0.15) is 25.8 Å². The van der Waals surface area contributed by atoms with E-state index in [0.29, 0.717) is 26.2 Å². The van der Waals surface area contributed by atoms with Crippen LogP contribution in [0.2, 0.25) is 0 Å². The van der Waals surface area contributed by atoms with Gasteiger partial charge in [-0.3, -0.25) is 19.0 Å². The van der Waals surface area contributed by atoms with Crippen molar-refractivity contribution < 1.29 is 18.7 Å². The standard InChI is InChI=1S/C25H26FN3O4S/c1-4-16(2)27-23(31)15-29-24(14-22(30)28-19-7-5-6-8-20(19)33-3)34-21(25(29)32)13-17-9-11-18(26)12-10-17/h5-14,16H,4,15H2,1-3H3,(H,27,31)(H,28,30)/b21-13-,24-14-. The molecule has 7 nitrogen and oxygen atoms in total. The van der Waals surface area contributed by atoms with Gasteiger partial charge in [-0.05, 0) is 49.2 Å². The molecule has 0 bridgehead atoms. The molecule has 0 saturated heterocycles. The molecule has 2 amide bonds. The van der Waals surface area contributed by atoms with Gasteiger partial charge in [0.1, 0.15) is 22.8 Å². The number of para-hydroxylation sites is 2. The van der Waals surface area contributed by atoms with Crippen molar-refractivity contribution in [3.63, 3.8) is 0 Å². The van der Waals surface area contributed by atoms with Crippen LogP contribution < -0.4 is 30.1 Å². The molecule has 1 aromatic heterocycles. The van der Waals surface area contributed by atoms with E-state index in [4.69, 9.17) is 4.74 Å². The molecule has 9 heteroatoms. The number of methoxy groups -OCH3 is 1. The Morgan fingerprint density at radius 2 is 1.88 bits per heavy atom. The number of hydrogen-bond donors (Lipinski definition) is 2. The van der Waals surface area contributed by atoms with Crippen LogP contribution in [0.15, 0.2) is 53.3 Å². The zero-order valence-electron chi connectivity index (χ0n) is 19.1. The monoisotopic (exact) mass is 483 g/mol. The lowest BCUT2D eigenvalue weighted by Crippen LogP contribution is -2.41. The summed E-state index contributed by atoms with van der Waals surface area (Å²) in [6.45, 7) is 3.58. The van der Waals surface area contributed by atoms with E-state index in [2.05, 4.69) is 10.6 Å². The maximum absolute atomic E-state index is 13.2. The highest BCUT2D eigenvalue weighted by Gasteiger charge is 2.13. The van der Waals surface area contributed by atoms with Crippen molar-refractivity contribution >= 4 is 41.0 Å². The minimum absolute atomic E-state index is 0.0478. The third kappa shape index (κ3) is 6.41. The number of hydrogen-bond acceptors (Lipinski definition) is 5. The number of anilines is 1. The van der Waals surface area contributed by atoms with Crippen molar-refractivity contribution in [1.29, 1.82) is 0 Å². The van der Waals surface area contributed by atoms with E-state index in [1.165, 1.54) is 29.9 Å². The maximum atomic E-state index is 13.2. The van der Waals surface area contributed by atoms with Crippen molar-refractivity contribution in [2.45, 2.75) is 32.9 Å². The summed E-state index contributed by atoms with van der Waals surface area (Å²) in [5.74, 6) is -0.701. The Hall–Kier alpha value is -3.72. The van der Waals surface area contributed by atoms with Gasteiger partial charge in [0.25, 0.3) is 11.5 Å². The molecule has 1 heterocycles. The minimum Gasteiger partial charge on any atom is -0.495 e. The number of ether oxygens (including phenoxy) is 1. The molecule has 178 valence electrons. The molecule has 0 aliphatic rings. The average molecular weight is 484 g/mol. The number of carbonyl (C=O) groups is 2. The Kier molecular flexibility index (Phi) is 8.37. The van der Waals surface area contributed by atoms with Crippen LogP contribution in [0.4, 0.5) is 10.1 Å². The van der Waals surface area contributed by atoms with E-state index in [1.54, 1.807) is 42.5 Å². The second-order valence-corrected chi connectivity index (χ2v) is 8.66. The Morgan fingerprint density at radius 3 is 2.56 bits per heavy atom. The Morgan fingerprint density at radius 1 is 1.18 bits per heavy atom. The number of nitrogens with zero attached hydrogens (tertiary/aromatic N) is 1. The Labute approximate surface area is 200 Å². The molecular formula is C25H26FN3O4S. The zero-order chi connectivity index (χ0) is 24.7. The van der Waals surface area contributed by atoms with E-state index in [1.807, 2.05) is 13.8 Å². The van der Waals surface area contributed by atoms with Gasteiger partial charge in [-0.25, -0.2) is 4.39 Å². The molecule has 0 aliphatic heterocycles. The maximum Gasteiger partial charge on any atom is 0.269 e. The first-order valence-corrected chi connectivity index (χ1v) is 11.5. The van der Waals surface area contributed by atoms with Gasteiger partial charge in [0, 0.05) is 12.1 Å². The summed E-state index contributed by atoms with van der Waals surface area (Å²) in [7, 11) is 1.50. The van der Waals surface area contributed by atoms with Crippen LogP contribution in [0, 0.1) is 5.82 Å². The van der Waals surface area contributed by atoms with Crippen molar-refractivity contribution in [2.24, 2.45) is 0 Å². The number of thiazole rings is 1. The smallest absolute Gasteiger partial charge is 0.269 e. The summed E-state index contributed by atoms with van der Waals surface area (Å²) in [6.07, 6.45) is 3.62. The minimum atomic E-state index is -0.477. The lowest BCUT2D eigenvalue weighted by atomic mass is 10.2. The molecule has 0 radical (unpaired) electrons. The van der Waals surface area contributed by atoms with Crippen LogP contribution in [0.5, 0.6) is 5.75 Å². The van der Waals surface area contributed by atoms with Gasteiger partial charge >= 0.3 is 0 Å². The van der Waals surface area contributed by atoms with Gasteiger partial charge < -0.3 is 15.4 Å². The third-order valence-electron chi connectivity index (χ3n) is 5.05. The van der Waals surface area contributed by atoms with E-state index < -0.39 is 11.5 Å². The number of carbonyl (C=O) groups excluding carboxylic acids is 2. The van der Waals surface area contributed by atoms with E-state index in [-0.39, 0.29) is 24.3 Å². The summed E-state index contributed by atoms with van der Waals surface area (Å²) in [5, 5.41) is 5.56. The van der Waals surface area contributed by atoms with Crippen LogP contribution in [0.3, 0.4) is 0 Å². The van der Waals surface area contributed by atoms with Gasteiger partial charge in [0.05, 0.1) is 17.3 Å². The van der Waals surface area contributed by atoms with Gasteiger partial charge in [0.2, 0.25) is 5.91 Å². The number of amides is 2. The molecule has 2 aromatic carbocycles. The quantitative estimate of drug-likeness (QED) is 0.514. The molecule has 3 rings (SSSR count). The van der Waals surface area contributed by atoms with Gasteiger partial charge in [-0.15, -0.1) is 11.3 Å². The highest BCUT2D eigenvalue weighted by atomic mass is 32.1. The SMILES string of the molecule is CCC(C)NC(=O)Cn1c(=O)/c(=C/c2ccc(F)cc2)s/c1=C\C(=O)Nc1ccccc1OC. The predicted octanol–water partition coefficient (Wildman–Crippen LogP) is 2.22. The number of benzene rings is 2. The zero-order valence-corrected chi connectivity index (χ0v) is 19.9. The van der Waals surface area contributed by atoms with E-state index >= 15 is 0 Å². The fraction of sp³-hybridized carbons (Fsp3) is 0.240. The number of aromatic nitrogens is 1. The topological polar surface area (TPSA) is 89.4 Å². The molecule has 0 fully saturated rings. The molecule has 0 spiro atoms. The summed E-state index contributed by atoms with van der Waals surface area (Å²) in [5.41, 5.74) is 0.690. The molecule has 1 unspecified atom stereocenters. The lowest BCUT2D eigenvalue weighted by Gasteiger charge is -2.11. The largest absolute Gasteiger partial charge is 0.495 e. The summed E-state index contributed by atoms with van der Waals surface area (Å²) in [6, 6.07) is 12.6. The first-order valence-electron chi connectivity index (χ1n) is 10.7. The van der Waals surface area contributed by atoms with Crippen LogP contribution in [0.25, 0.3) is 12.2 Å². The molecule has 1 atom stereocenters. The van der Waals surface area contributed by atoms with Crippen molar-refractivity contribution in [3.05, 3.63) is 79.5 Å². The number of halogens is 1. The number of rotatable bonds is 8. The highest BCUT2D eigenvalue weighted by Crippen LogP contribution is 2.22. The van der Waals surface area contributed by atoms with Gasteiger partial charge in [-0.1, -0.05) is 31.2 Å². The number of nitrogens with one attached hydrogen (secondary N) is 2. The fourth-order valence-electron chi connectivity index (χ4n) is 3.10. The Balaban J connectivity index is 2.02. The summed E-state index contributed by atoms with van der Waals surface area (Å²) in [4.78, 5) is 38.4. The van der Waals surface area contributed by atoms with Crippen LogP contribution >= 0.6 is 11.3 Å². The molecular weight excluding hydrogens is 457 g/mol. The fourth-order valence-corrected chi connectivity index (χ4v) is 4.14. The Bertz CT molecular complexity index is 1350. The second kappa shape index (κ2) is 11.4. The second-order valence-electron chi connectivity index (χ2n) is 7.60. The molecule has 34 heavy (non-hydrogen) atoms. The summed E-state index contributed by atoms with van der Waals surface area (Å²) < 4.78 is 20.4. The van der Waals surface area contributed by atoms with E-state index in [9.17, 15) is 18.8 Å². The third-order valence-corrected chi connectivity index (χ3v) is 6.10. The van der Waals surface area contributed by atoms with Crippen LogP contribution in [-0.4, -0.2) is 29.5 Å². The van der Waals surface area contributed by atoms with Crippen molar-refractivity contribution in [3.8, 4) is 5.75 Å². The van der Waals surface area contributed by atoms with Gasteiger partial charge in [0.15, 0.2) is 0 Å². The molecule has 3 aromatic rings. The normalized spacial score (nSPS) is 12.9. The molecule has 0 aliphatic carbocycles. The summed E-state index contributed by atoms with van der Waals surface area (Å²) >= 11 is 1.07. The molecule has 2 N–H and O–H groups in total. The van der Waals surface area contributed by atoms with Gasteiger partial charge in [-0.2, -0.15) is 0 Å². The average Bonchev–Trinajstić information content (AvgIpc) is 3.09. The molecule has 0 saturated carbocycles. The predicted molar refractivity (Wildman–Crippen MR) is 132 cm³/mol. The lowest BCUT2D eigenvalue weighted by molar-refractivity contribution is -0.122. The van der Waals surface area contributed by atoms with Crippen molar-refractivity contribution in [1.82, 2.24) is 9.88 Å². The van der Waals surface area contributed by atoms with Crippen LogP contribution in [-0.2, 0) is 16.1 Å². The van der Waals surface area contributed by atoms with E-state index in [0.717, 1.165) is 17.8 Å². The first kappa shape index (κ1) is 24.9. The van der Waals surface area contributed by atoms with Crippen molar-refractivity contribution in [2.75, 3.05) is 12.4 Å².